The molecule has 8 heteroatoms. The molecule has 2 rings (SSSR count). The molecule has 0 spiro atoms. The molecule has 0 heterocycles. The normalized spacial score (nSPS) is 12.2. The molecule has 2 aromatic carbocycles. The van der Waals surface area contributed by atoms with Crippen molar-refractivity contribution < 1.29 is 22.7 Å². The van der Waals surface area contributed by atoms with Crippen LogP contribution in [0.3, 0.4) is 0 Å². The molecule has 29 heavy (non-hydrogen) atoms. The predicted molar refractivity (Wildman–Crippen MR) is 114 cm³/mol. The number of carbonyl (C=O) groups excluding carboxylic acids is 2. The zero-order chi connectivity index (χ0) is 21.8. The summed E-state index contributed by atoms with van der Waals surface area (Å²) in [6.07, 6.45) is 1.06. The summed E-state index contributed by atoms with van der Waals surface area (Å²) in [7, 11) is -3.71. The van der Waals surface area contributed by atoms with Crippen molar-refractivity contribution >= 4 is 33.3 Å². The van der Waals surface area contributed by atoms with Crippen molar-refractivity contribution in [2.75, 3.05) is 22.5 Å². The van der Waals surface area contributed by atoms with Crippen molar-refractivity contribution in [3.63, 3.8) is 0 Å². The van der Waals surface area contributed by atoms with Crippen molar-refractivity contribution in [3.05, 3.63) is 59.2 Å². The Kier molecular flexibility index (Phi) is 7.02. The highest BCUT2D eigenvalue weighted by Crippen LogP contribution is 2.24. The van der Waals surface area contributed by atoms with Gasteiger partial charge >= 0.3 is 5.97 Å². The molecule has 0 aliphatic carbocycles. The van der Waals surface area contributed by atoms with Gasteiger partial charge in [0.25, 0.3) is 0 Å². The maximum absolute atomic E-state index is 12.9. The Bertz CT molecular complexity index is 1000. The highest BCUT2D eigenvalue weighted by atomic mass is 32.2. The van der Waals surface area contributed by atoms with Crippen LogP contribution in [0.2, 0.25) is 0 Å². The van der Waals surface area contributed by atoms with E-state index in [-0.39, 0.29) is 6.61 Å². The smallest absolute Gasteiger partial charge is 0.338 e. The van der Waals surface area contributed by atoms with Crippen LogP contribution in [0.4, 0.5) is 11.4 Å². The van der Waals surface area contributed by atoms with Gasteiger partial charge in [0.1, 0.15) is 6.04 Å². The second-order valence-corrected chi connectivity index (χ2v) is 8.62. The summed E-state index contributed by atoms with van der Waals surface area (Å²) in [6, 6.07) is 10.8. The average molecular weight is 419 g/mol. The van der Waals surface area contributed by atoms with Gasteiger partial charge in [-0.25, -0.2) is 13.2 Å². The van der Waals surface area contributed by atoms with Gasteiger partial charge in [-0.15, -0.1) is 0 Å². The van der Waals surface area contributed by atoms with Gasteiger partial charge < -0.3 is 10.1 Å². The summed E-state index contributed by atoms with van der Waals surface area (Å²) < 4.78 is 30.9. The third-order valence-corrected chi connectivity index (χ3v) is 5.71. The van der Waals surface area contributed by atoms with E-state index in [9.17, 15) is 18.0 Å². The van der Waals surface area contributed by atoms with E-state index in [0.717, 1.165) is 16.1 Å². The highest BCUT2D eigenvalue weighted by molar-refractivity contribution is 7.92. The Balaban J connectivity index is 2.32. The number of aryl methyl sites for hydroxylation is 1. The standard InChI is InChI=1S/C21H26N2O5S/c1-6-28-21(25)18-8-7-9-19(15(18)3)22-20(24)16(4)23(29(5,26)27)17-12-10-14(2)11-13-17/h7-13,16H,6H2,1-5H3,(H,22,24). The molecule has 0 bridgehead atoms. The molecule has 0 aromatic heterocycles. The molecule has 156 valence electrons. The first kappa shape index (κ1) is 22.4. The molecule has 0 aliphatic heterocycles. The molecule has 0 saturated heterocycles. The summed E-state index contributed by atoms with van der Waals surface area (Å²) >= 11 is 0. The summed E-state index contributed by atoms with van der Waals surface area (Å²) in [4.78, 5) is 24.9. The van der Waals surface area contributed by atoms with Crippen LogP contribution in [0.15, 0.2) is 42.5 Å². The molecule has 0 fully saturated rings. The zero-order valence-electron chi connectivity index (χ0n) is 17.2. The Morgan fingerprint density at radius 1 is 1.10 bits per heavy atom. The lowest BCUT2D eigenvalue weighted by Crippen LogP contribution is -2.45. The lowest BCUT2D eigenvalue weighted by Gasteiger charge is -2.28. The minimum Gasteiger partial charge on any atom is -0.462 e. The molecule has 1 unspecified atom stereocenters. The van der Waals surface area contributed by atoms with Gasteiger partial charge in [0.15, 0.2) is 0 Å². The van der Waals surface area contributed by atoms with Crippen LogP contribution in [-0.2, 0) is 19.6 Å². The van der Waals surface area contributed by atoms with Crippen molar-refractivity contribution in [1.29, 1.82) is 0 Å². The van der Waals surface area contributed by atoms with E-state index in [1.54, 1.807) is 56.3 Å². The second kappa shape index (κ2) is 9.09. The third-order valence-electron chi connectivity index (χ3n) is 4.46. The number of ether oxygens (including phenoxy) is 1. The molecule has 0 radical (unpaired) electrons. The fourth-order valence-electron chi connectivity index (χ4n) is 2.94. The van der Waals surface area contributed by atoms with E-state index >= 15 is 0 Å². The van der Waals surface area contributed by atoms with Crippen LogP contribution in [0.1, 0.15) is 35.3 Å². The average Bonchev–Trinajstić information content (AvgIpc) is 2.64. The first-order chi connectivity index (χ1) is 13.6. The van der Waals surface area contributed by atoms with E-state index in [2.05, 4.69) is 5.32 Å². The number of carbonyl (C=O) groups is 2. The van der Waals surface area contributed by atoms with E-state index < -0.39 is 27.9 Å². The molecule has 1 N–H and O–H groups in total. The molecule has 1 atom stereocenters. The first-order valence-electron chi connectivity index (χ1n) is 9.20. The van der Waals surface area contributed by atoms with Gasteiger partial charge in [-0.05, 0) is 57.5 Å². The molecular formula is C21H26N2O5S. The minimum absolute atomic E-state index is 0.242. The number of nitrogens with one attached hydrogen (secondary N) is 1. The van der Waals surface area contributed by atoms with Crippen molar-refractivity contribution in [1.82, 2.24) is 0 Å². The summed E-state index contributed by atoms with van der Waals surface area (Å²) in [6.45, 7) is 7.06. The molecular weight excluding hydrogens is 392 g/mol. The maximum atomic E-state index is 12.9. The SMILES string of the molecule is CCOC(=O)c1cccc(NC(=O)C(C)N(c2ccc(C)cc2)S(C)(=O)=O)c1C. The number of sulfonamides is 1. The first-order valence-corrected chi connectivity index (χ1v) is 11.0. The van der Waals surface area contributed by atoms with Gasteiger partial charge in [0, 0.05) is 5.69 Å². The lowest BCUT2D eigenvalue weighted by atomic mass is 10.1. The van der Waals surface area contributed by atoms with Crippen LogP contribution in [-0.4, -0.2) is 39.2 Å². The predicted octanol–water partition coefficient (Wildman–Crippen LogP) is 3.27. The van der Waals surface area contributed by atoms with Crippen molar-refractivity contribution in [2.24, 2.45) is 0 Å². The Labute approximate surface area is 171 Å². The third kappa shape index (κ3) is 5.35. The molecule has 1 amide bonds. The summed E-state index contributed by atoms with van der Waals surface area (Å²) in [5.41, 5.74) is 2.69. The summed E-state index contributed by atoms with van der Waals surface area (Å²) in [5, 5.41) is 2.73. The van der Waals surface area contributed by atoms with Crippen LogP contribution in [0.25, 0.3) is 0 Å². The van der Waals surface area contributed by atoms with Gasteiger partial charge in [0.05, 0.1) is 24.1 Å². The lowest BCUT2D eigenvalue weighted by molar-refractivity contribution is -0.116. The monoisotopic (exact) mass is 418 g/mol. The van der Waals surface area contributed by atoms with Crippen LogP contribution < -0.4 is 9.62 Å². The van der Waals surface area contributed by atoms with Crippen LogP contribution in [0, 0.1) is 13.8 Å². The fraction of sp³-hybridized carbons (Fsp3) is 0.333. The number of benzene rings is 2. The van der Waals surface area contributed by atoms with E-state index in [0.29, 0.717) is 22.5 Å². The molecule has 0 aliphatic rings. The number of hydrogen-bond acceptors (Lipinski definition) is 5. The summed E-state index contributed by atoms with van der Waals surface area (Å²) in [5.74, 6) is -0.994. The second-order valence-electron chi connectivity index (χ2n) is 6.76. The number of esters is 1. The zero-order valence-corrected chi connectivity index (χ0v) is 18.0. The fourth-order valence-corrected chi connectivity index (χ4v) is 4.11. The molecule has 2 aromatic rings. The maximum Gasteiger partial charge on any atom is 0.338 e. The van der Waals surface area contributed by atoms with Gasteiger partial charge in [-0.1, -0.05) is 23.8 Å². The molecule has 7 nitrogen and oxygen atoms in total. The van der Waals surface area contributed by atoms with Gasteiger partial charge in [-0.3, -0.25) is 9.10 Å². The van der Waals surface area contributed by atoms with Crippen molar-refractivity contribution in [3.8, 4) is 0 Å². The topological polar surface area (TPSA) is 92.8 Å². The minimum atomic E-state index is -3.71. The molecule has 0 saturated carbocycles. The van der Waals surface area contributed by atoms with Crippen molar-refractivity contribution in [2.45, 2.75) is 33.7 Å². The van der Waals surface area contributed by atoms with E-state index in [1.165, 1.54) is 6.92 Å². The number of rotatable bonds is 7. The number of anilines is 2. The number of hydrogen-bond donors (Lipinski definition) is 1. The quantitative estimate of drug-likeness (QED) is 0.697. The Hall–Kier alpha value is -2.87. The van der Waals surface area contributed by atoms with E-state index in [4.69, 9.17) is 4.74 Å². The largest absolute Gasteiger partial charge is 0.462 e. The van der Waals surface area contributed by atoms with Gasteiger partial charge in [0.2, 0.25) is 15.9 Å². The Morgan fingerprint density at radius 2 is 1.72 bits per heavy atom. The number of amides is 1. The van der Waals surface area contributed by atoms with Crippen LogP contribution >= 0.6 is 0 Å². The van der Waals surface area contributed by atoms with E-state index in [1.807, 2.05) is 6.92 Å². The highest BCUT2D eigenvalue weighted by Gasteiger charge is 2.29. The van der Waals surface area contributed by atoms with Gasteiger partial charge in [-0.2, -0.15) is 0 Å². The van der Waals surface area contributed by atoms with Crippen LogP contribution in [0.5, 0.6) is 0 Å². The Morgan fingerprint density at radius 3 is 2.28 bits per heavy atom. The number of nitrogens with zero attached hydrogens (tertiary/aromatic N) is 1.